The molecule has 9 heteroatoms. The fourth-order valence-corrected chi connectivity index (χ4v) is 1.85. The van der Waals surface area contributed by atoms with Crippen molar-refractivity contribution in [2.75, 3.05) is 11.1 Å². The number of carboxylic acid groups (broad SMARTS) is 1. The second-order valence-corrected chi connectivity index (χ2v) is 4.70. The van der Waals surface area contributed by atoms with E-state index < -0.39 is 41.1 Å². The normalized spacial score (nSPS) is 12.6. The summed E-state index contributed by atoms with van der Waals surface area (Å²) in [6, 6.07) is 6.51. The number of thioether (sulfide) groups is 1. The Kier molecular flexibility index (Phi) is 5.68. The first-order valence-corrected chi connectivity index (χ1v) is 6.32. The van der Waals surface area contributed by atoms with Crippen LogP contribution in [-0.4, -0.2) is 34.4 Å². The summed E-state index contributed by atoms with van der Waals surface area (Å²) in [5, 5.41) is 12.6. The molecule has 0 aromatic heterocycles. The number of alkyl halides is 3. The molecule has 0 radical (unpaired) electrons. The van der Waals surface area contributed by atoms with Crippen molar-refractivity contribution >= 4 is 29.4 Å². The summed E-state index contributed by atoms with van der Waals surface area (Å²) in [4.78, 5) is 22.3. The highest BCUT2D eigenvalue weighted by atomic mass is 32.2. The Labute approximate surface area is 116 Å². The minimum Gasteiger partial charge on any atom is -0.465 e. The van der Waals surface area contributed by atoms with Crippen molar-refractivity contribution in [1.29, 1.82) is 0 Å². The van der Waals surface area contributed by atoms with Crippen molar-refractivity contribution in [1.82, 2.24) is 5.32 Å². The Morgan fingerprint density at radius 3 is 2.35 bits per heavy atom. The Hall–Kier alpha value is -1.90. The van der Waals surface area contributed by atoms with Crippen LogP contribution >= 0.6 is 11.8 Å². The van der Waals surface area contributed by atoms with E-state index in [-0.39, 0.29) is 0 Å². The van der Waals surface area contributed by atoms with Gasteiger partial charge in [-0.2, -0.15) is 13.2 Å². The number of para-hydroxylation sites is 1. The lowest BCUT2D eigenvalue weighted by Gasteiger charge is -2.17. The molecule has 2 amide bonds. The van der Waals surface area contributed by atoms with Crippen LogP contribution in [0.1, 0.15) is 0 Å². The molecule has 0 spiro atoms. The van der Waals surface area contributed by atoms with Crippen molar-refractivity contribution < 1.29 is 27.9 Å². The largest absolute Gasteiger partial charge is 0.465 e. The van der Waals surface area contributed by atoms with Crippen molar-refractivity contribution in [3.05, 3.63) is 30.3 Å². The standard InChI is InChI=1S/C11H11F3N2O3S/c12-11(13,14)20-6-8(16-10(18)19)9(17)15-7-4-2-1-3-5-7/h1-5,8,16H,6H2,(H,15,17)(H,18,19)/t8-/m0/s1. The predicted molar refractivity (Wildman–Crippen MR) is 68.5 cm³/mol. The summed E-state index contributed by atoms with van der Waals surface area (Å²) in [5.74, 6) is -1.59. The predicted octanol–water partition coefficient (Wildman–Crippen LogP) is 2.51. The molecule has 1 aromatic carbocycles. The van der Waals surface area contributed by atoms with Crippen molar-refractivity contribution in [2.45, 2.75) is 11.6 Å². The van der Waals surface area contributed by atoms with Crippen molar-refractivity contribution in [3.63, 3.8) is 0 Å². The zero-order chi connectivity index (χ0) is 15.2. The number of hydrogen-bond donors (Lipinski definition) is 3. The fraction of sp³-hybridized carbons (Fsp3) is 0.273. The third-order valence-corrected chi connectivity index (χ3v) is 2.90. The van der Waals surface area contributed by atoms with Gasteiger partial charge in [-0.15, -0.1) is 0 Å². The van der Waals surface area contributed by atoms with Gasteiger partial charge in [0.15, 0.2) is 0 Å². The van der Waals surface area contributed by atoms with Crippen LogP contribution in [0, 0.1) is 0 Å². The van der Waals surface area contributed by atoms with E-state index in [2.05, 4.69) is 5.32 Å². The van der Waals surface area contributed by atoms with Crippen LogP contribution in [0.5, 0.6) is 0 Å². The van der Waals surface area contributed by atoms with Gasteiger partial charge in [-0.1, -0.05) is 18.2 Å². The monoisotopic (exact) mass is 308 g/mol. The van der Waals surface area contributed by atoms with E-state index in [0.717, 1.165) is 0 Å². The maximum Gasteiger partial charge on any atom is 0.441 e. The third kappa shape index (κ3) is 6.32. The number of anilines is 1. The zero-order valence-corrected chi connectivity index (χ0v) is 10.8. The first-order valence-electron chi connectivity index (χ1n) is 5.34. The molecule has 3 N–H and O–H groups in total. The Bertz CT molecular complexity index is 468. The zero-order valence-electron chi connectivity index (χ0n) is 9.98. The average Bonchev–Trinajstić information content (AvgIpc) is 2.34. The van der Waals surface area contributed by atoms with E-state index in [0.29, 0.717) is 5.69 Å². The van der Waals surface area contributed by atoms with Crippen LogP contribution in [0.25, 0.3) is 0 Å². The number of rotatable bonds is 5. The fourth-order valence-electron chi connectivity index (χ4n) is 1.26. The Morgan fingerprint density at radius 1 is 1.25 bits per heavy atom. The van der Waals surface area contributed by atoms with Crippen LogP contribution in [0.2, 0.25) is 0 Å². The van der Waals surface area contributed by atoms with E-state index in [4.69, 9.17) is 5.11 Å². The average molecular weight is 308 g/mol. The topological polar surface area (TPSA) is 78.4 Å². The van der Waals surface area contributed by atoms with Gasteiger partial charge in [-0.25, -0.2) is 4.79 Å². The van der Waals surface area contributed by atoms with E-state index in [1.807, 2.05) is 0 Å². The molecular formula is C11H11F3N2O3S. The molecule has 1 aromatic rings. The second-order valence-electron chi connectivity index (χ2n) is 3.61. The summed E-state index contributed by atoms with van der Waals surface area (Å²) in [6.07, 6.45) is -1.57. The molecule has 0 aliphatic heterocycles. The molecule has 5 nitrogen and oxygen atoms in total. The second kappa shape index (κ2) is 7.04. The first-order chi connectivity index (χ1) is 9.28. The minimum absolute atomic E-state index is 0.367. The number of nitrogens with one attached hydrogen (secondary N) is 2. The number of carbonyl (C=O) groups excluding carboxylic acids is 1. The number of benzene rings is 1. The lowest BCUT2D eigenvalue weighted by Crippen LogP contribution is -2.45. The van der Waals surface area contributed by atoms with Gasteiger partial charge in [-0.05, 0) is 23.9 Å². The van der Waals surface area contributed by atoms with Gasteiger partial charge in [0, 0.05) is 11.4 Å². The summed E-state index contributed by atoms with van der Waals surface area (Å²) >= 11 is -0.464. The summed E-state index contributed by atoms with van der Waals surface area (Å²) in [6.45, 7) is 0. The van der Waals surface area contributed by atoms with Gasteiger partial charge in [0.2, 0.25) is 5.91 Å². The van der Waals surface area contributed by atoms with Crippen molar-refractivity contribution in [2.24, 2.45) is 0 Å². The summed E-state index contributed by atoms with van der Waals surface area (Å²) < 4.78 is 36.3. The van der Waals surface area contributed by atoms with Crippen LogP contribution in [0.15, 0.2) is 30.3 Å². The molecule has 110 valence electrons. The Balaban J connectivity index is 2.66. The lowest BCUT2D eigenvalue weighted by atomic mass is 10.2. The van der Waals surface area contributed by atoms with Gasteiger partial charge in [0.1, 0.15) is 6.04 Å². The number of hydrogen-bond acceptors (Lipinski definition) is 3. The van der Waals surface area contributed by atoms with Crippen LogP contribution < -0.4 is 10.6 Å². The highest BCUT2D eigenvalue weighted by Gasteiger charge is 2.32. The lowest BCUT2D eigenvalue weighted by molar-refractivity contribution is -0.117. The number of amides is 2. The smallest absolute Gasteiger partial charge is 0.441 e. The molecule has 0 bridgehead atoms. The molecule has 20 heavy (non-hydrogen) atoms. The van der Waals surface area contributed by atoms with Gasteiger partial charge in [0.05, 0.1) is 0 Å². The van der Waals surface area contributed by atoms with Crippen LogP contribution in [0.4, 0.5) is 23.7 Å². The van der Waals surface area contributed by atoms with Gasteiger partial charge in [-0.3, -0.25) is 4.79 Å². The molecule has 0 heterocycles. The molecular weight excluding hydrogens is 297 g/mol. The molecule has 0 unspecified atom stereocenters. The SMILES string of the molecule is O=C(O)N[C@@H](CSC(F)(F)F)C(=O)Nc1ccccc1. The van der Waals surface area contributed by atoms with Crippen LogP contribution in [0.3, 0.4) is 0 Å². The van der Waals surface area contributed by atoms with Gasteiger partial charge < -0.3 is 15.7 Å². The molecule has 0 aliphatic carbocycles. The van der Waals surface area contributed by atoms with E-state index in [1.54, 1.807) is 23.5 Å². The first kappa shape index (κ1) is 16.2. The van der Waals surface area contributed by atoms with Crippen molar-refractivity contribution in [3.8, 4) is 0 Å². The molecule has 0 saturated carbocycles. The maximum absolute atomic E-state index is 12.1. The minimum atomic E-state index is -4.54. The molecule has 0 aliphatic rings. The third-order valence-electron chi connectivity index (χ3n) is 2.07. The quantitative estimate of drug-likeness (QED) is 0.781. The number of carbonyl (C=O) groups is 2. The highest BCUT2D eigenvalue weighted by molar-refractivity contribution is 8.00. The summed E-state index contributed by atoms with van der Waals surface area (Å²) in [7, 11) is 0. The van der Waals surface area contributed by atoms with E-state index >= 15 is 0 Å². The highest BCUT2D eigenvalue weighted by Crippen LogP contribution is 2.30. The number of halogens is 3. The van der Waals surface area contributed by atoms with Gasteiger partial charge in [0.25, 0.3) is 0 Å². The molecule has 1 rings (SSSR count). The van der Waals surface area contributed by atoms with Crippen LogP contribution in [-0.2, 0) is 4.79 Å². The maximum atomic E-state index is 12.1. The van der Waals surface area contributed by atoms with Gasteiger partial charge >= 0.3 is 11.6 Å². The summed E-state index contributed by atoms with van der Waals surface area (Å²) in [5.41, 5.74) is -4.17. The molecule has 0 saturated heterocycles. The van der Waals surface area contributed by atoms with E-state index in [9.17, 15) is 22.8 Å². The molecule has 1 atom stereocenters. The molecule has 0 fully saturated rings. The van der Waals surface area contributed by atoms with E-state index in [1.165, 1.54) is 12.1 Å². The Morgan fingerprint density at radius 2 is 1.85 bits per heavy atom.